The summed E-state index contributed by atoms with van der Waals surface area (Å²) in [6, 6.07) is 0. The molecule has 1 rings (SSSR count). The van der Waals surface area contributed by atoms with Gasteiger partial charge in [-0.05, 0) is 32.1 Å². The molecule has 0 bridgehead atoms. The van der Waals surface area contributed by atoms with Crippen LogP contribution >= 0.6 is 0 Å². The van der Waals surface area contributed by atoms with Crippen molar-refractivity contribution in [1.82, 2.24) is 5.32 Å². The Hall–Kier alpha value is -0.520. The van der Waals surface area contributed by atoms with Crippen molar-refractivity contribution in [2.45, 2.75) is 45.6 Å². The maximum atomic E-state index is 5.85. The molecule has 0 saturated heterocycles. The molecule has 0 aromatic rings. The number of hydrogen-bond acceptors (Lipinski definition) is 2. The third kappa shape index (κ3) is 2.29. The first-order valence-electron chi connectivity index (χ1n) is 5.43. The molecule has 14 heavy (non-hydrogen) atoms. The van der Waals surface area contributed by atoms with E-state index in [1.807, 2.05) is 6.92 Å². The second-order valence-electron chi connectivity index (χ2n) is 4.70. The van der Waals surface area contributed by atoms with Crippen LogP contribution in [0.25, 0.3) is 0 Å². The van der Waals surface area contributed by atoms with E-state index in [1.54, 1.807) is 0 Å². The second kappa shape index (κ2) is 4.33. The van der Waals surface area contributed by atoms with Crippen LogP contribution in [-0.2, 0) is 0 Å². The van der Waals surface area contributed by atoms with Gasteiger partial charge in [-0.15, -0.1) is 11.8 Å². The highest BCUT2D eigenvalue weighted by Crippen LogP contribution is 2.53. The van der Waals surface area contributed by atoms with Crippen LogP contribution in [0.1, 0.15) is 40.0 Å². The fourth-order valence-electron chi connectivity index (χ4n) is 1.80. The molecule has 1 aliphatic carbocycles. The Morgan fingerprint density at radius 1 is 1.50 bits per heavy atom. The summed E-state index contributed by atoms with van der Waals surface area (Å²) in [4.78, 5) is 0. The summed E-state index contributed by atoms with van der Waals surface area (Å²) in [5.41, 5.74) is 6.37. The van der Waals surface area contributed by atoms with Crippen LogP contribution in [-0.4, -0.2) is 18.6 Å². The van der Waals surface area contributed by atoms with Gasteiger partial charge in [-0.3, -0.25) is 0 Å². The molecule has 2 nitrogen and oxygen atoms in total. The van der Waals surface area contributed by atoms with Gasteiger partial charge in [0, 0.05) is 25.0 Å². The van der Waals surface area contributed by atoms with Crippen molar-refractivity contribution >= 4 is 0 Å². The lowest BCUT2D eigenvalue weighted by Gasteiger charge is -2.36. The quantitative estimate of drug-likeness (QED) is 0.514. The molecule has 1 atom stereocenters. The van der Waals surface area contributed by atoms with E-state index in [1.165, 1.54) is 12.8 Å². The van der Waals surface area contributed by atoms with E-state index in [-0.39, 0.29) is 5.54 Å². The molecule has 0 aromatic carbocycles. The largest absolute Gasteiger partial charge is 0.329 e. The number of rotatable bonds is 5. The lowest BCUT2D eigenvalue weighted by Crippen LogP contribution is -2.54. The average molecular weight is 194 g/mol. The van der Waals surface area contributed by atoms with Gasteiger partial charge in [-0.25, -0.2) is 0 Å². The summed E-state index contributed by atoms with van der Waals surface area (Å²) in [5.74, 6) is 5.97. The summed E-state index contributed by atoms with van der Waals surface area (Å²) >= 11 is 0. The summed E-state index contributed by atoms with van der Waals surface area (Å²) in [6.07, 6.45) is 3.52. The third-order valence-corrected chi connectivity index (χ3v) is 3.68. The number of nitrogens with two attached hydrogens (primary N) is 1. The van der Waals surface area contributed by atoms with E-state index in [2.05, 4.69) is 31.0 Å². The van der Waals surface area contributed by atoms with E-state index in [4.69, 9.17) is 5.73 Å². The van der Waals surface area contributed by atoms with Gasteiger partial charge >= 0.3 is 0 Å². The Labute approximate surface area is 87.6 Å². The van der Waals surface area contributed by atoms with Crippen molar-refractivity contribution < 1.29 is 0 Å². The van der Waals surface area contributed by atoms with Crippen LogP contribution < -0.4 is 11.1 Å². The molecule has 0 radical (unpaired) electrons. The standard InChI is InChI=1S/C12H22N2/c1-4-5-6-9-14-12(3,10-13)11(2)7-8-11/h14H,6-10,13H2,1-3H3. The zero-order valence-electron chi connectivity index (χ0n) is 9.61. The zero-order valence-corrected chi connectivity index (χ0v) is 9.61. The van der Waals surface area contributed by atoms with Crippen molar-refractivity contribution in [2.75, 3.05) is 13.1 Å². The molecule has 0 aliphatic heterocycles. The van der Waals surface area contributed by atoms with Gasteiger partial charge in [-0.1, -0.05) is 6.92 Å². The van der Waals surface area contributed by atoms with Crippen LogP contribution in [0.15, 0.2) is 0 Å². The van der Waals surface area contributed by atoms with Gasteiger partial charge < -0.3 is 11.1 Å². The normalized spacial score (nSPS) is 22.0. The minimum atomic E-state index is 0.0996. The highest BCUT2D eigenvalue weighted by Gasteiger charge is 2.51. The van der Waals surface area contributed by atoms with E-state index in [0.717, 1.165) is 13.0 Å². The van der Waals surface area contributed by atoms with Crippen molar-refractivity contribution in [3.8, 4) is 11.8 Å². The molecule has 1 unspecified atom stereocenters. The van der Waals surface area contributed by atoms with E-state index in [9.17, 15) is 0 Å². The predicted molar refractivity (Wildman–Crippen MR) is 60.9 cm³/mol. The van der Waals surface area contributed by atoms with Crippen LogP contribution in [0.4, 0.5) is 0 Å². The molecule has 0 amide bonds. The second-order valence-corrected chi connectivity index (χ2v) is 4.70. The topological polar surface area (TPSA) is 38.0 Å². The first kappa shape index (κ1) is 11.6. The van der Waals surface area contributed by atoms with E-state index in [0.29, 0.717) is 12.0 Å². The van der Waals surface area contributed by atoms with Crippen LogP contribution in [0.2, 0.25) is 0 Å². The Balaban J connectivity index is 2.40. The van der Waals surface area contributed by atoms with Crippen molar-refractivity contribution in [3.05, 3.63) is 0 Å². The van der Waals surface area contributed by atoms with Gasteiger partial charge in [0.15, 0.2) is 0 Å². The SMILES string of the molecule is CC#CCCNC(C)(CN)C1(C)CC1. The Morgan fingerprint density at radius 3 is 2.57 bits per heavy atom. The minimum Gasteiger partial charge on any atom is -0.329 e. The summed E-state index contributed by atoms with van der Waals surface area (Å²) in [6.45, 7) is 8.09. The molecule has 3 N–H and O–H groups in total. The van der Waals surface area contributed by atoms with Crippen molar-refractivity contribution in [1.29, 1.82) is 0 Å². The van der Waals surface area contributed by atoms with Crippen LogP contribution in [0.5, 0.6) is 0 Å². The molecule has 1 aliphatic rings. The van der Waals surface area contributed by atoms with Gasteiger partial charge in [0.05, 0.1) is 0 Å². The summed E-state index contributed by atoms with van der Waals surface area (Å²) in [7, 11) is 0. The van der Waals surface area contributed by atoms with Gasteiger partial charge in [0.2, 0.25) is 0 Å². The number of nitrogens with one attached hydrogen (secondary N) is 1. The number of hydrogen-bond donors (Lipinski definition) is 2. The molecular weight excluding hydrogens is 172 g/mol. The van der Waals surface area contributed by atoms with Gasteiger partial charge in [0.25, 0.3) is 0 Å². The predicted octanol–water partition coefficient (Wildman–Crippen LogP) is 1.51. The fraction of sp³-hybridized carbons (Fsp3) is 0.833. The molecule has 80 valence electrons. The molecule has 0 aromatic heterocycles. The van der Waals surface area contributed by atoms with Crippen molar-refractivity contribution in [3.63, 3.8) is 0 Å². The smallest absolute Gasteiger partial charge is 0.0329 e. The lowest BCUT2D eigenvalue weighted by atomic mass is 9.84. The van der Waals surface area contributed by atoms with E-state index < -0.39 is 0 Å². The first-order chi connectivity index (χ1) is 6.58. The van der Waals surface area contributed by atoms with Gasteiger partial charge in [-0.2, -0.15) is 0 Å². The monoisotopic (exact) mass is 194 g/mol. The highest BCUT2D eigenvalue weighted by molar-refractivity contribution is 5.09. The maximum absolute atomic E-state index is 5.85. The zero-order chi connectivity index (χ0) is 10.7. The van der Waals surface area contributed by atoms with Gasteiger partial charge in [0.1, 0.15) is 0 Å². The Morgan fingerprint density at radius 2 is 2.14 bits per heavy atom. The molecule has 2 heteroatoms. The van der Waals surface area contributed by atoms with Crippen LogP contribution in [0, 0.1) is 17.3 Å². The maximum Gasteiger partial charge on any atom is 0.0329 e. The fourth-order valence-corrected chi connectivity index (χ4v) is 1.80. The summed E-state index contributed by atoms with van der Waals surface area (Å²) < 4.78 is 0. The highest BCUT2D eigenvalue weighted by atomic mass is 15.0. The average Bonchev–Trinajstić information content (AvgIpc) is 2.92. The lowest BCUT2D eigenvalue weighted by molar-refractivity contribution is 0.234. The van der Waals surface area contributed by atoms with Crippen molar-refractivity contribution in [2.24, 2.45) is 11.1 Å². The minimum absolute atomic E-state index is 0.0996. The van der Waals surface area contributed by atoms with E-state index >= 15 is 0 Å². The Kier molecular flexibility index (Phi) is 3.58. The molecular formula is C12H22N2. The third-order valence-electron chi connectivity index (χ3n) is 3.68. The molecule has 0 heterocycles. The Bertz CT molecular complexity index is 245. The first-order valence-corrected chi connectivity index (χ1v) is 5.43. The molecule has 0 spiro atoms. The van der Waals surface area contributed by atoms with Crippen LogP contribution in [0.3, 0.4) is 0 Å². The molecule has 1 saturated carbocycles. The molecule has 1 fully saturated rings. The summed E-state index contributed by atoms with van der Waals surface area (Å²) in [5, 5.41) is 3.56.